The molecule has 28 heavy (non-hydrogen) atoms. The van der Waals surface area contributed by atoms with Gasteiger partial charge >= 0.3 is 5.97 Å². The lowest BCUT2D eigenvalue weighted by Gasteiger charge is -2.12. The molecule has 0 spiro atoms. The summed E-state index contributed by atoms with van der Waals surface area (Å²) in [7, 11) is 0. The van der Waals surface area contributed by atoms with Crippen LogP contribution < -0.4 is 0 Å². The number of hydrogen-bond donors (Lipinski definition) is 1. The quantitative estimate of drug-likeness (QED) is 0.458. The molecule has 0 bridgehead atoms. The summed E-state index contributed by atoms with van der Waals surface area (Å²) in [6.45, 7) is 0.387. The van der Waals surface area contributed by atoms with E-state index in [0.29, 0.717) is 27.5 Å². The number of hydrogen-bond acceptors (Lipinski definition) is 3. The molecule has 4 aromatic rings. The summed E-state index contributed by atoms with van der Waals surface area (Å²) < 4.78 is 2.30. The molecule has 1 N–H and O–H groups in total. The van der Waals surface area contributed by atoms with Gasteiger partial charge in [0.1, 0.15) is 5.69 Å². The summed E-state index contributed by atoms with van der Waals surface area (Å²) in [6.07, 6.45) is 3.04. The molecule has 0 amide bonds. The lowest BCUT2D eigenvalue weighted by Crippen LogP contribution is -2.15. The summed E-state index contributed by atoms with van der Waals surface area (Å²) in [5.41, 5.74) is 2.22. The van der Waals surface area contributed by atoms with E-state index < -0.39 is 5.97 Å². The number of aromatic carboxylic acids is 1. The second-order valence-electron chi connectivity index (χ2n) is 6.30. The van der Waals surface area contributed by atoms with Crippen molar-refractivity contribution in [3.8, 4) is 0 Å². The fraction of sp³-hybridized carbons (Fsp3) is 0.0455. The number of halogens is 1. The minimum absolute atomic E-state index is 0.0141. The van der Waals surface area contributed by atoms with E-state index in [1.807, 2.05) is 42.5 Å². The van der Waals surface area contributed by atoms with Gasteiger partial charge < -0.3 is 9.67 Å². The SMILES string of the molecule is O=C(O)c1c(C(=O)c2ccncc2Br)n(Cc2ccccc2)c2ccccc12. The minimum Gasteiger partial charge on any atom is -0.478 e. The largest absolute Gasteiger partial charge is 0.478 e. The highest BCUT2D eigenvalue weighted by molar-refractivity contribution is 9.10. The van der Waals surface area contributed by atoms with Gasteiger partial charge in [-0.2, -0.15) is 0 Å². The van der Waals surface area contributed by atoms with E-state index in [9.17, 15) is 14.7 Å². The van der Waals surface area contributed by atoms with Crippen LogP contribution in [0.1, 0.15) is 32.0 Å². The molecular formula is C22H15BrN2O3. The standard InChI is InChI=1S/C22H15BrN2O3/c23-17-12-24-11-10-15(17)21(26)20-19(22(27)28)16-8-4-5-9-18(16)25(20)13-14-6-2-1-3-7-14/h1-12H,13H2,(H,27,28). The third-order valence-corrected chi connectivity index (χ3v) is 5.23. The smallest absolute Gasteiger partial charge is 0.338 e. The van der Waals surface area contributed by atoms with Gasteiger partial charge in [-0.15, -0.1) is 0 Å². The Morgan fingerprint density at radius 1 is 1.00 bits per heavy atom. The van der Waals surface area contributed by atoms with E-state index in [4.69, 9.17) is 0 Å². The van der Waals surface area contributed by atoms with Crippen molar-refractivity contribution < 1.29 is 14.7 Å². The van der Waals surface area contributed by atoms with Crippen molar-refractivity contribution in [2.45, 2.75) is 6.54 Å². The first-order chi connectivity index (χ1) is 13.6. The first-order valence-corrected chi connectivity index (χ1v) is 9.40. The molecule has 2 heterocycles. The maximum Gasteiger partial charge on any atom is 0.338 e. The maximum absolute atomic E-state index is 13.4. The Morgan fingerprint density at radius 2 is 1.71 bits per heavy atom. The Morgan fingerprint density at radius 3 is 2.43 bits per heavy atom. The normalized spacial score (nSPS) is 10.9. The fourth-order valence-corrected chi connectivity index (χ4v) is 3.80. The molecule has 2 aromatic heterocycles. The van der Waals surface area contributed by atoms with Crippen molar-refractivity contribution in [2.24, 2.45) is 0 Å². The highest BCUT2D eigenvalue weighted by Gasteiger charge is 2.28. The number of pyridine rings is 1. The van der Waals surface area contributed by atoms with E-state index in [1.54, 1.807) is 22.8 Å². The van der Waals surface area contributed by atoms with Crippen LogP contribution in [0.3, 0.4) is 0 Å². The lowest BCUT2D eigenvalue weighted by molar-refractivity contribution is 0.0694. The van der Waals surface area contributed by atoms with Crippen molar-refractivity contribution >= 4 is 38.6 Å². The van der Waals surface area contributed by atoms with Gasteiger partial charge in [-0.25, -0.2) is 4.79 Å². The Kier molecular flexibility index (Phi) is 4.79. The first-order valence-electron chi connectivity index (χ1n) is 8.60. The first kappa shape index (κ1) is 18.1. The number of fused-ring (bicyclic) bond motifs is 1. The molecule has 0 fully saturated rings. The molecule has 2 aromatic carbocycles. The second kappa shape index (κ2) is 7.40. The van der Waals surface area contributed by atoms with Gasteiger partial charge in [-0.1, -0.05) is 48.5 Å². The van der Waals surface area contributed by atoms with E-state index in [0.717, 1.165) is 5.56 Å². The Bertz CT molecular complexity index is 1200. The number of ketones is 1. The number of nitrogens with zero attached hydrogens (tertiary/aromatic N) is 2. The van der Waals surface area contributed by atoms with Crippen LogP contribution in [0, 0.1) is 0 Å². The number of para-hydroxylation sites is 1. The van der Waals surface area contributed by atoms with Gasteiger partial charge in [0, 0.05) is 39.9 Å². The third kappa shape index (κ3) is 3.12. The van der Waals surface area contributed by atoms with Gasteiger partial charge in [0.2, 0.25) is 5.78 Å². The summed E-state index contributed by atoms with van der Waals surface area (Å²) in [5.74, 6) is -1.49. The van der Waals surface area contributed by atoms with Gasteiger partial charge in [-0.3, -0.25) is 9.78 Å². The molecule has 6 heteroatoms. The zero-order chi connectivity index (χ0) is 19.7. The van der Waals surface area contributed by atoms with Crippen LogP contribution in [0.4, 0.5) is 0 Å². The molecule has 0 aliphatic carbocycles. The zero-order valence-corrected chi connectivity index (χ0v) is 16.3. The molecular weight excluding hydrogens is 420 g/mol. The van der Waals surface area contributed by atoms with Crippen molar-refractivity contribution in [2.75, 3.05) is 0 Å². The van der Waals surface area contributed by atoms with E-state index >= 15 is 0 Å². The number of carboxylic acids is 1. The van der Waals surface area contributed by atoms with Crippen LogP contribution in [-0.2, 0) is 6.54 Å². The van der Waals surface area contributed by atoms with Crippen LogP contribution in [0.25, 0.3) is 10.9 Å². The minimum atomic E-state index is -1.13. The molecule has 138 valence electrons. The molecule has 0 unspecified atom stereocenters. The molecule has 0 saturated heterocycles. The van der Waals surface area contributed by atoms with Gasteiger partial charge in [0.05, 0.1) is 5.56 Å². The van der Waals surface area contributed by atoms with Crippen LogP contribution >= 0.6 is 15.9 Å². The molecule has 4 rings (SSSR count). The average molecular weight is 435 g/mol. The summed E-state index contributed by atoms with van der Waals surface area (Å²) in [5, 5.41) is 10.5. The van der Waals surface area contributed by atoms with Crippen LogP contribution in [0.2, 0.25) is 0 Å². The van der Waals surface area contributed by atoms with Crippen LogP contribution in [0.15, 0.2) is 77.5 Å². The topological polar surface area (TPSA) is 72.2 Å². The van der Waals surface area contributed by atoms with Gasteiger partial charge in [-0.05, 0) is 33.6 Å². The zero-order valence-electron chi connectivity index (χ0n) is 14.7. The van der Waals surface area contributed by atoms with E-state index in [1.165, 1.54) is 12.4 Å². The molecule has 5 nitrogen and oxygen atoms in total. The molecule has 0 atom stereocenters. The number of aromatic nitrogens is 2. The highest BCUT2D eigenvalue weighted by Crippen LogP contribution is 2.30. The van der Waals surface area contributed by atoms with Crippen molar-refractivity contribution in [1.82, 2.24) is 9.55 Å². The second-order valence-corrected chi connectivity index (χ2v) is 7.16. The van der Waals surface area contributed by atoms with E-state index in [-0.39, 0.29) is 17.0 Å². The Labute approximate surface area is 169 Å². The van der Waals surface area contributed by atoms with Crippen molar-refractivity contribution in [3.63, 3.8) is 0 Å². The van der Waals surface area contributed by atoms with Crippen LogP contribution in [-0.4, -0.2) is 26.4 Å². The van der Waals surface area contributed by atoms with E-state index in [2.05, 4.69) is 20.9 Å². The predicted octanol–water partition coefficient (Wildman–Crippen LogP) is 4.78. The number of carbonyl (C=O) groups is 2. The molecule has 0 aliphatic rings. The van der Waals surface area contributed by atoms with Crippen molar-refractivity contribution in [3.05, 3.63) is 99.9 Å². The van der Waals surface area contributed by atoms with Gasteiger partial charge in [0.15, 0.2) is 0 Å². The number of carboxylic acid groups (broad SMARTS) is 1. The molecule has 0 saturated carbocycles. The average Bonchev–Trinajstić information content (AvgIpc) is 3.03. The lowest BCUT2D eigenvalue weighted by atomic mass is 10.0. The Balaban J connectivity index is 2.01. The summed E-state index contributed by atoms with van der Waals surface area (Å²) >= 11 is 3.35. The monoisotopic (exact) mass is 434 g/mol. The number of rotatable bonds is 5. The maximum atomic E-state index is 13.4. The third-order valence-electron chi connectivity index (χ3n) is 4.60. The molecule has 0 aliphatic heterocycles. The van der Waals surface area contributed by atoms with Gasteiger partial charge in [0.25, 0.3) is 0 Å². The van der Waals surface area contributed by atoms with Crippen molar-refractivity contribution in [1.29, 1.82) is 0 Å². The Hall–Kier alpha value is -3.25. The number of benzene rings is 2. The summed E-state index contributed by atoms with van der Waals surface area (Å²) in [6, 6.07) is 18.4. The summed E-state index contributed by atoms with van der Waals surface area (Å²) in [4.78, 5) is 29.6. The number of carbonyl (C=O) groups excluding carboxylic acids is 1. The predicted molar refractivity (Wildman–Crippen MR) is 110 cm³/mol. The van der Waals surface area contributed by atoms with Crippen LogP contribution in [0.5, 0.6) is 0 Å². The molecule has 0 radical (unpaired) electrons. The fourth-order valence-electron chi connectivity index (χ4n) is 3.37. The highest BCUT2D eigenvalue weighted by atomic mass is 79.9.